The van der Waals surface area contributed by atoms with E-state index in [0.29, 0.717) is 8.95 Å². The van der Waals surface area contributed by atoms with Crippen molar-refractivity contribution in [3.05, 3.63) is 25.6 Å². The Morgan fingerprint density at radius 2 is 1.56 bits per heavy atom. The number of rotatable bonds is 7. The number of carbonyl (C=O) groups is 2. The predicted octanol–water partition coefficient (Wildman–Crippen LogP) is 3.87. The van der Waals surface area contributed by atoms with Gasteiger partial charge in [0.2, 0.25) is 0 Å². The summed E-state index contributed by atoms with van der Waals surface area (Å²) in [5, 5.41) is 0. The van der Waals surface area contributed by atoms with Gasteiger partial charge in [0.15, 0.2) is 5.75 Å². The van der Waals surface area contributed by atoms with E-state index in [9.17, 15) is 18.0 Å². The standard InChI is InChI=1S/C14H15Br3O7S/c1-14(2,7-25(20,21)22)24-12(19)4-3-11(18)23-13-9(16)5-8(15)6-10(13)17/h5-6H,3-4,7H2,1-2H3,(H,20,21,22). The van der Waals surface area contributed by atoms with Crippen molar-refractivity contribution >= 4 is 69.8 Å². The number of esters is 2. The van der Waals surface area contributed by atoms with Crippen LogP contribution in [0.5, 0.6) is 5.75 Å². The molecule has 0 atom stereocenters. The predicted molar refractivity (Wildman–Crippen MR) is 101 cm³/mol. The van der Waals surface area contributed by atoms with Gasteiger partial charge in [-0.1, -0.05) is 15.9 Å². The summed E-state index contributed by atoms with van der Waals surface area (Å²) in [6, 6.07) is 3.39. The van der Waals surface area contributed by atoms with Crippen molar-refractivity contribution in [3.63, 3.8) is 0 Å². The molecule has 0 bridgehead atoms. The van der Waals surface area contributed by atoms with Crippen LogP contribution in [0.25, 0.3) is 0 Å². The lowest BCUT2D eigenvalue weighted by molar-refractivity contribution is -0.156. The molecule has 25 heavy (non-hydrogen) atoms. The fourth-order valence-corrected chi connectivity index (χ4v) is 5.18. The van der Waals surface area contributed by atoms with Gasteiger partial charge < -0.3 is 9.47 Å². The quantitative estimate of drug-likeness (QED) is 0.303. The van der Waals surface area contributed by atoms with Crippen molar-refractivity contribution in [3.8, 4) is 5.75 Å². The Balaban J connectivity index is 2.58. The monoisotopic (exact) mass is 564 g/mol. The van der Waals surface area contributed by atoms with Gasteiger partial charge in [0.1, 0.15) is 11.4 Å². The van der Waals surface area contributed by atoms with Crippen molar-refractivity contribution in [2.24, 2.45) is 0 Å². The van der Waals surface area contributed by atoms with Crippen LogP contribution in [0.1, 0.15) is 26.7 Å². The highest BCUT2D eigenvalue weighted by molar-refractivity contribution is 9.11. The van der Waals surface area contributed by atoms with E-state index in [1.807, 2.05) is 0 Å². The van der Waals surface area contributed by atoms with Gasteiger partial charge in [0, 0.05) is 4.47 Å². The average molecular weight is 567 g/mol. The van der Waals surface area contributed by atoms with Gasteiger partial charge in [-0.25, -0.2) is 0 Å². The molecule has 0 amide bonds. The molecule has 0 aliphatic heterocycles. The van der Waals surface area contributed by atoms with Gasteiger partial charge in [0.05, 0.1) is 21.8 Å². The summed E-state index contributed by atoms with van der Waals surface area (Å²) in [5.41, 5.74) is -1.41. The molecule has 0 unspecified atom stereocenters. The van der Waals surface area contributed by atoms with Crippen LogP contribution in [0.4, 0.5) is 0 Å². The molecule has 0 radical (unpaired) electrons. The molecule has 0 aromatic heterocycles. The smallest absolute Gasteiger partial charge is 0.311 e. The molecule has 1 rings (SSSR count). The van der Waals surface area contributed by atoms with Crippen LogP contribution in [0.2, 0.25) is 0 Å². The number of carbonyl (C=O) groups excluding carboxylic acids is 2. The third-order valence-electron chi connectivity index (χ3n) is 2.63. The van der Waals surface area contributed by atoms with Gasteiger partial charge in [-0.3, -0.25) is 14.1 Å². The van der Waals surface area contributed by atoms with E-state index < -0.39 is 33.4 Å². The molecule has 1 aromatic carbocycles. The maximum Gasteiger partial charge on any atom is 0.311 e. The zero-order valence-electron chi connectivity index (χ0n) is 13.2. The van der Waals surface area contributed by atoms with Crippen molar-refractivity contribution < 1.29 is 32.0 Å². The minimum Gasteiger partial charge on any atom is -0.458 e. The van der Waals surface area contributed by atoms with Gasteiger partial charge in [-0.15, -0.1) is 0 Å². The molecule has 140 valence electrons. The molecule has 7 nitrogen and oxygen atoms in total. The molecular formula is C14H15Br3O7S. The van der Waals surface area contributed by atoms with Crippen LogP contribution in [0, 0.1) is 0 Å². The van der Waals surface area contributed by atoms with Gasteiger partial charge >= 0.3 is 11.9 Å². The first kappa shape index (κ1) is 22.6. The molecule has 0 saturated heterocycles. The molecule has 1 aromatic rings. The maximum atomic E-state index is 11.9. The van der Waals surface area contributed by atoms with Crippen molar-refractivity contribution in [2.45, 2.75) is 32.3 Å². The van der Waals surface area contributed by atoms with Crippen LogP contribution in [-0.2, 0) is 24.4 Å². The topological polar surface area (TPSA) is 107 Å². The summed E-state index contributed by atoms with van der Waals surface area (Å²) in [7, 11) is -4.30. The average Bonchev–Trinajstić information content (AvgIpc) is 2.37. The molecule has 0 aliphatic rings. The lowest BCUT2D eigenvalue weighted by atomic mass is 10.2. The fraction of sp³-hybridized carbons (Fsp3) is 0.429. The second kappa shape index (κ2) is 8.94. The first-order valence-corrected chi connectivity index (χ1v) is 10.8. The van der Waals surface area contributed by atoms with Crippen molar-refractivity contribution in [2.75, 3.05) is 5.75 Å². The highest BCUT2D eigenvalue weighted by Gasteiger charge is 2.29. The zero-order chi connectivity index (χ0) is 19.4. The molecule has 1 N–H and O–H groups in total. The molecule has 0 heterocycles. The summed E-state index contributed by atoms with van der Waals surface area (Å²) < 4.78 is 42.6. The van der Waals surface area contributed by atoms with E-state index in [-0.39, 0.29) is 18.6 Å². The Morgan fingerprint density at radius 1 is 1.08 bits per heavy atom. The van der Waals surface area contributed by atoms with Gasteiger partial charge in [0.25, 0.3) is 10.1 Å². The van der Waals surface area contributed by atoms with Crippen LogP contribution in [-0.4, -0.2) is 36.3 Å². The number of ether oxygens (including phenoxy) is 2. The Hall–Kier alpha value is -0.490. The Kier molecular flexibility index (Phi) is 8.06. The summed E-state index contributed by atoms with van der Waals surface area (Å²) in [6.07, 6.45) is -0.546. The molecule has 0 aliphatic carbocycles. The van der Waals surface area contributed by atoms with Gasteiger partial charge in [-0.2, -0.15) is 8.42 Å². The highest BCUT2D eigenvalue weighted by atomic mass is 79.9. The van der Waals surface area contributed by atoms with Crippen LogP contribution < -0.4 is 4.74 Å². The van der Waals surface area contributed by atoms with E-state index in [4.69, 9.17) is 14.0 Å². The number of hydrogen-bond acceptors (Lipinski definition) is 6. The number of hydrogen-bond donors (Lipinski definition) is 1. The number of benzene rings is 1. The fourth-order valence-electron chi connectivity index (χ4n) is 1.82. The SMILES string of the molecule is CC(C)(CS(=O)(=O)O)OC(=O)CCC(=O)Oc1c(Br)cc(Br)cc1Br. The lowest BCUT2D eigenvalue weighted by Crippen LogP contribution is -2.36. The molecule has 11 heteroatoms. The Labute approximate surface area is 170 Å². The lowest BCUT2D eigenvalue weighted by Gasteiger charge is -2.23. The number of halogens is 3. The highest BCUT2D eigenvalue weighted by Crippen LogP contribution is 2.36. The summed E-state index contributed by atoms with van der Waals surface area (Å²) >= 11 is 9.82. The van der Waals surface area contributed by atoms with E-state index in [2.05, 4.69) is 47.8 Å². The van der Waals surface area contributed by atoms with E-state index in [0.717, 1.165) is 4.47 Å². The second-order valence-electron chi connectivity index (χ2n) is 5.63. The first-order chi connectivity index (χ1) is 11.3. The van der Waals surface area contributed by atoms with Crippen LogP contribution in [0.15, 0.2) is 25.6 Å². The van der Waals surface area contributed by atoms with E-state index in [1.54, 1.807) is 12.1 Å². The summed E-state index contributed by atoms with van der Waals surface area (Å²) in [6.45, 7) is 2.68. The zero-order valence-corrected chi connectivity index (χ0v) is 18.8. The third-order valence-corrected chi connectivity index (χ3v) is 5.33. The third kappa shape index (κ3) is 8.63. The first-order valence-electron chi connectivity index (χ1n) is 6.81. The molecular weight excluding hydrogens is 552 g/mol. The summed E-state index contributed by atoms with van der Waals surface area (Å²) in [4.78, 5) is 23.6. The van der Waals surface area contributed by atoms with Crippen LogP contribution in [0.3, 0.4) is 0 Å². The molecule has 0 fully saturated rings. The largest absolute Gasteiger partial charge is 0.458 e. The Bertz CT molecular complexity index is 752. The minimum atomic E-state index is -4.30. The molecule has 0 spiro atoms. The minimum absolute atomic E-state index is 0.254. The van der Waals surface area contributed by atoms with E-state index in [1.165, 1.54) is 13.8 Å². The van der Waals surface area contributed by atoms with Crippen molar-refractivity contribution in [1.29, 1.82) is 0 Å². The normalized spacial score (nSPS) is 11.9. The van der Waals surface area contributed by atoms with Crippen LogP contribution >= 0.6 is 47.8 Å². The summed E-state index contributed by atoms with van der Waals surface area (Å²) in [5.74, 6) is -1.91. The van der Waals surface area contributed by atoms with Gasteiger partial charge in [-0.05, 0) is 57.8 Å². The van der Waals surface area contributed by atoms with Crippen molar-refractivity contribution in [1.82, 2.24) is 0 Å². The molecule has 0 saturated carbocycles. The maximum absolute atomic E-state index is 11.9. The van der Waals surface area contributed by atoms with E-state index >= 15 is 0 Å². The second-order valence-corrected chi connectivity index (χ2v) is 9.71. The Morgan fingerprint density at radius 3 is 2.04 bits per heavy atom.